The molecule has 4 nitrogen and oxygen atoms in total. The minimum atomic E-state index is -0.136. The first-order valence-corrected chi connectivity index (χ1v) is 5.43. The van der Waals surface area contributed by atoms with Gasteiger partial charge >= 0.3 is 0 Å². The molecule has 1 aliphatic heterocycles. The molecule has 0 bridgehead atoms. The molecule has 16 heavy (non-hydrogen) atoms. The fourth-order valence-electron chi connectivity index (χ4n) is 1.94. The van der Waals surface area contributed by atoms with Gasteiger partial charge in [-0.15, -0.1) is 0 Å². The number of phenols is 1. The van der Waals surface area contributed by atoms with Crippen molar-refractivity contribution in [1.29, 1.82) is 0 Å². The molecule has 1 aliphatic rings. The third-order valence-electron chi connectivity index (χ3n) is 2.85. The first-order chi connectivity index (χ1) is 7.74. The van der Waals surface area contributed by atoms with Gasteiger partial charge in [-0.05, 0) is 18.6 Å². The molecule has 1 aromatic rings. The number of hydrogen-bond acceptors (Lipinski definition) is 4. The Hall–Kier alpha value is -1.26. The first-order valence-electron chi connectivity index (χ1n) is 5.43. The Morgan fingerprint density at radius 2 is 2.31 bits per heavy atom. The summed E-state index contributed by atoms with van der Waals surface area (Å²) in [7, 11) is 1.60. The molecule has 1 atom stereocenters. The molecule has 0 radical (unpaired) electrons. The third-order valence-corrected chi connectivity index (χ3v) is 2.85. The Bertz CT molecular complexity index is 373. The van der Waals surface area contributed by atoms with E-state index in [1.807, 2.05) is 19.1 Å². The number of benzene rings is 1. The Kier molecular flexibility index (Phi) is 3.31. The Morgan fingerprint density at radius 3 is 2.94 bits per heavy atom. The molecule has 2 rings (SSSR count). The lowest BCUT2D eigenvalue weighted by Crippen LogP contribution is -2.33. The summed E-state index contributed by atoms with van der Waals surface area (Å²) >= 11 is 0. The number of methoxy groups -OCH3 is 1. The molecule has 1 saturated heterocycles. The van der Waals surface area contributed by atoms with Gasteiger partial charge in [0.1, 0.15) is 17.6 Å². The minimum absolute atomic E-state index is 0.136. The highest BCUT2D eigenvalue weighted by atomic mass is 16.5. The van der Waals surface area contributed by atoms with Crippen molar-refractivity contribution in [2.75, 3.05) is 26.8 Å². The molecule has 0 spiro atoms. The second-order valence-corrected chi connectivity index (χ2v) is 3.91. The number of aryl methyl sites for hydroxylation is 1. The van der Waals surface area contributed by atoms with Gasteiger partial charge in [-0.3, -0.25) is 0 Å². The van der Waals surface area contributed by atoms with Gasteiger partial charge in [0.25, 0.3) is 0 Å². The van der Waals surface area contributed by atoms with Crippen molar-refractivity contribution in [2.24, 2.45) is 0 Å². The van der Waals surface area contributed by atoms with Gasteiger partial charge in [0.2, 0.25) is 0 Å². The molecule has 4 heteroatoms. The van der Waals surface area contributed by atoms with Crippen LogP contribution in [0.15, 0.2) is 12.1 Å². The Balaban J connectivity index is 2.39. The topological polar surface area (TPSA) is 50.7 Å². The van der Waals surface area contributed by atoms with Crippen molar-refractivity contribution in [3.8, 4) is 11.5 Å². The van der Waals surface area contributed by atoms with Crippen LogP contribution in [0.5, 0.6) is 11.5 Å². The molecular formula is C12H17NO3. The lowest BCUT2D eigenvalue weighted by molar-refractivity contribution is 0.0248. The van der Waals surface area contributed by atoms with Crippen LogP contribution >= 0.6 is 0 Å². The number of nitrogens with one attached hydrogen (secondary N) is 1. The fraction of sp³-hybridized carbons (Fsp3) is 0.500. The zero-order valence-electron chi connectivity index (χ0n) is 9.62. The zero-order chi connectivity index (χ0) is 11.5. The molecule has 1 heterocycles. The van der Waals surface area contributed by atoms with Gasteiger partial charge < -0.3 is 19.9 Å². The van der Waals surface area contributed by atoms with Crippen LogP contribution in [-0.2, 0) is 4.74 Å². The SMILES string of the molecule is COc1ccc(C)c(O)c1C1CNCCO1. The number of ether oxygens (including phenoxy) is 2. The van der Waals surface area contributed by atoms with E-state index >= 15 is 0 Å². The van der Waals surface area contributed by atoms with Crippen LogP contribution in [-0.4, -0.2) is 31.9 Å². The molecule has 2 N–H and O–H groups in total. The van der Waals surface area contributed by atoms with E-state index in [4.69, 9.17) is 9.47 Å². The monoisotopic (exact) mass is 223 g/mol. The second-order valence-electron chi connectivity index (χ2n) is 3.91. The maximum absolute atomic E-state index is 10.1. The predicted molar refractivity (Wildman–Crippen MR) is 61.0 cm³/mol. The summed E-state index contributed by atoms with van der Waals surface area (Å²) < 4.78 is 10.9. The van der Waals surface area contributed by atoms with Gasteiger partial charge in [0.05, 0.1) is 19.3 Å². The summed E-state index contributed by atoms with van der Waals surface area (Å²) in [5.41, 5.74) is 1.58. The van der Waals surface area contributed by atoms with E-state index in [0.717, 1.165) is 17.7 Å². The van der Waals surface area contributed by atoms with Crippen LogP contribution in [0, 0.1) is 6.92 Å². The summed E-state index contributed by atoms with van der Waals surface area (Å²) in [6.45, 7) is 4.08. The summed E-state index contributed by atoms with van der Waals surface area (Å²) in [6.07, 6.45) is -0.136. The molecule has 0 amide bonds. The lowest BCUT2D eigenvalue weighted by atomic mass is 10.0. The van der Waals surface area contributed by atoms with Crippen molar-refractivity contribution in [3.63, 3.8) is 0 Å². The van der Waals surface area contributed by atoms with E-state index in [9.17, 15) is 5.11 Å². The normalized spacial score (nSPS) is 20.8. The molecule has 1 unspecified atom stereocenters. The van der Waals surface area contributed by atoms with Gasteiger partial charge in [-0.2, -0.15) is 0 Å². The standard InChI is InChI=1S/C12H17NO3/c1-8-3-4-9(15-2)11(12(8)14)10-7-13-5-6-16-10/h3-4,10,13-14H,5-7H2,1-2H3. The van der Waals surface area contributed by atoms with Gasteiger partial charge in [-0.1, -0.05) is 6.07 Å². The van der Waals surface area contributed by atoms with E-state index in [0.29, 0.717) is 18.9 Å². The second kappa shape index (κ2) is 4.72. The smallest absolute Gasteiger partial charge is 0.128 e. The molecule has 1 aromatic carbocycles. The van der Waals surface area contributed by atoms with Crippen molar-refractivity contribution >= 4 is 0 Å². The highest BCUT2D eigenvalue weighted by molar-refractivity contribution is 5.50. The third kappa shape index (κ3) is 1.99. The fourth-order valence-corrected chi connectivity index (χ4v) is 1.94. The number of phenolic OH excluding ortho intramolecular Hbond substituents is 1. The molecule has 88 valence electrons. The number of hydrogen-bond donors (Lipinski definition) is 2. The quantitative estimate of drug-likeness (QED) is 0.795. The summed E-state index contributed by atoms with van der Waals surface area (Å²) in [6, 6.07) is 3.70. The van der Waals surface area contributed by atoms with Crippen LogP contribution in [0.25, 0.3) is 0 Å². The van der Waals surface area contributed by atoms with Crippen molar-refractivity contribution in [3.05, 3.63) is 23.3 Å². The maximum Gasteiger partial charge on any atom is 0.128 e. The van der Waals surface area contributed by atoms with Crippen molar-refractivity contribution < 1.29 is 14.6 Å². The molecule has 0 aliphatic carbocycles. The highest BCUT2D eigenvalue weighted by Gasteiger charge is 2.23. The first kappa shape index (κ1) is 11.2. The number of morpholine rings is 1. The average Bonchev–Trinajstić information content (AvgIpc) is 2.33. The minimum Gasteiger partial charge on any atom is -0.507 e. The van der Waals surface area contributed by atoms with Crippen LogP contribution in [0.3, 0.4) is 0 Å². The van der Waals surface area contributed by atoms with Gasteiger partial charge in [-0.25, -0.2) is 0 Å². The van der Waals surface area contributed by atoms with Crippen LogP contribution in [0.2, 0.25) is 0 Å². The summed E-state index contributed by atoms with van der Waals surface area (Å²) in [5, 5.41) is 13.3. The molecular weight excluding hydrogens is 206 g/mol. The summed E-state index contributed by atoms with van der Waals surface area (Å²) in [4.78, 5) is 0. The van der Waals surface area contributed by atoms with Crippen LogP contribution < -0.4 is 10.1 Å². The Morgan fingerprint density at radius 1 is 1.50 bits per heavy atom. The lowest BCUT2D eigenvalue weighted by Gasteiger charge is -2.26. The molecule has 0 saturated carbocycles. The molecule has 1 fully saturated rings. The highest BCUT2D eigenvalue weighted by Crippen LogP contribution is 2.37. The zero-order valence-corrected chi connectivity index (χ0v) is 9.62. The van der Waals surface area contributed by atoms with E-state index in [2.05, 4.69) is 5.32 Å². The van der Waals surface area contributed by atoms with Crippen molar-refractivity contribution in [1.82, 2.24) is 5.32 Å². The molecule has 0 aromatic heterocycles. The van der Waals surface area contributed by atoms with E-state index in [1.165, 1.54) is 0 Å². The van der Waals surface area contributed by atoms with E-state index in [-0.39, 0.29) is 11.9 Å². The largest absolute Gasteiger partial charge is 0.507 e. The summed E-state index contributed by atoms with van der Waals surface area (Å²) in [5.74, 6) is 0.949. The average molecular weight is 223 g/mol. The van der Waals surface area contributed by atoms with Gasteiger partial charge in [0, 0.05) is 13.1 Å². The number of aromatic hydroxyl groups is 1. The number of rotatable bonds is 2. The Labute approximate surface area is 95.2 Å². The van der Waals surface area contributed by atoms with E-state index in [1.54, 1.807) is 7.11 Å². The van der Waals surface area contributed by atoms with Crippen LogP contribution in [0.4, 0.5) is 0 Å². The predicted octanol–water partition coefficient (Wildman–Crippen LogP) is 1.37. The maximum atomic E-state index is 10.1. The van der Waals surface area contributed by atoms with Gasteiger partial charge in [0.15, 0.2) is 0 Å². The van der Waals surface area contributed by atoms with Crippen molar-refractivity contribution in [2.45, 2.75) is 13.0 Å². The van der Waals surface area contributed by atoms with E-state index < -0.39 is 0 Å². The van der Waals surface area contributed by atoms with Crippen LogP contribution in [0.1, 0.15) is 17.2 Å².